The molecule has 0 saturated carbocycles. The number of oxazole rings is 2. The Morgan fingerprint density at radius 3 is 1.09 bits per heavy atom. The molecule has 0 bridgehead atoms. The molecule has 0 atom stereocenters. The summed E-state index contributed by atoms with van der Waals surface area (Å²) in [5, 5.41) is 4.61. The maximum Gasteiger partial charge on any atom is 0.227 e. The molecule has 2 aliphatic rings. The molecule has 14 aromatic rings. The van der Waals surface area contributed by atoms with Crippen molar-refractivity contribution in [1.82, 2.24) is 9.97 Å². The van der Waals surface area contributed by atoms with Gasteiger partial charge in [0.2, 0.25) is 11.8 Å². The van der Waals surface area contributed by atoms with Gasteiger partial charge in [0.05, 0.1) is 16.8 Å². The van der Waals surface area contributed by atoms with Gasteiger partial charge in [-0.05, 0) is 140 Å². The van der Waals surface area contributed by atoms with Crippen molar-refractivity contribution in [1.29, 1.82) is 0 Å². The van der Waals surface area contributed by atoms with Gasteiger partial charge in [0.25, 0.3) is 0 Å². The molecule has 2 heterocycles. The molecule has 0 N–H and O–H groups in total. The first-order valence-electron chi connectivity index (χ1n) is 26.1. The molecule has 360 valence electrons. The summed E-state index contributed by atoms with van der Waals surface area (Å²) in [5.74, 6) is 1.05. The zero-order valence-electron chi connectivity index (χ0n) is 41.5. The van der Waals surface area contributed by atoms with Crippen molar-refractivity contribution in [3.63, 3.8) is 0 Å². The number of rotatable bonds is 8. The second-order valence-electron chi connectivity index (χ2n) is 20.0. The van der Waals surface area contributed by atoms with Gasteiger partial charge >= 0.3 is 0 Å². The summed E-state index contributed by atoms with van der Waals surface area (Å²) in [6.07, 6.45) is 0. The third-order valence-electron chi connectivity index (χ3n) is 15.8. The van der Waals surface area contributed by atoms with E-state index in [0.717, 1.165) is 89.3 Å². The van der Waals surface area contributed by atoms with Crippen LogP contribution < -0.4 is 9.80 Å². The second kappa shape index (κ2) is 16.9. The number of anilines is 6. The fourth-order valence-electron chi connectivity index (χ4n) is 12.6. The van der Waals surface area contributed by atoms with Crippen molar-refractivity contribution in [3.05, 3.63) is 289 Å². The molecule has 12 aromatic carbocycles. The molecule has 77 heavy (non-hydrogen) atoms. The van der Waals surface area contributed by atoms with Crippen LogP contribution >= 0.6 is 0 Å². The Kier molecular flexibility index (Phi) is 9.45. The average Bonchev–Trinajstić information content (AvgIpc) is 3.13. The van der Waals surface area contributed by atoms with Crippen LogP contribution in [0, 0.1) is 0 Å². The van der Waals surface area contributed by atoms with Crippen molar-refractivity contribution in [2.24, 2.45) is 0 Å². The first-order chi connectivity index (χ1) is 38.2. The molecule has 0 radical (unpaired) electrons. The van der Waals surface area contributed by atoms with Crippen molar-refractivity contribution >= 4 is 77.9 Å². The standard InChI is InChI=1S/C71H44N4O2/c1-5-23-47(24-6-1)69-72-65-61(74(51-29-9-3-10-30-51)53-39-37-45-21-13-15-27-49(45)41-53)43-59-63(67(65)76-69)64-60(71(59)57-35-19-17-33-55(57)56-34-18-20-36-58(56)71)44-62(66-68(64)77-70(73-66)48-25-7-2-8-26-48)75(52-31-11-4-12-32-52)54-40-38-46-22-14-16-28-50(46)42-54/h1-44H. The number of hydrogen-bond acceptors (Lipinski definition) is 6. The third kappa shape index (κ3) is 6.42. The fourth-order valence-corrected chi connectivity index (χ4v) is 12.6. The Bertz CT molecular complexity index is 4350. The first-order valence-corrected chi connectivity index (χ1v) is 26.1. The molecule has 6 nitrogen and oxygen atoms in total. The minimum atomic E-state index is -0.888. The van der Waals surface area contributed by atoms with E-state index in [1.807, 2.05) is 36.4 Å². The van der Waals surface area contributed by atoms with Crippen LogP contribution in [0.25, 0.3) is 88.9 Å². The summed E-state index contributed by atoms with van der Waals surface area (Å²) in [6.45, 7) is 0. The van der Waals surface area contributed by atoms with Gasteiger partial charge in [-0.1, -0.05) is 182 Å². The van der Waals surface area contributed by atoms with Crippen LogP contribution in [0.5, 0.6) is 0 Å². The Morgan fingerprint density at radius 2 is 0.662 bits per heavy atom. The molecule has 2 aromatic heterocycles. The summed E-state index contributed by atoms with van der Waals surface area (Å²) >= 11 is 0. The highest BCUT2D eigenvalue weighted by molar-refractivity contribution is 6.16. The largest absolute Gasteiger partial charge is 0.435 e. The predicted molar refractivity (Wildman–Crippen MR) is 313 cm³/mol. The lowest BCUT2D eigenvalue weighted by Gasteiger charge is -2.33. The molecule has 0 fully saturated rings. The normalized spacial score (nSPS) is 12.8. The minimum Gasteiger partial charge on any atom is -0.435 e. The van der Waals surface area contributed by atoms with E-state index in [4.69, 9.17) is 18.8 Å². The number of nitrogens with zero attached hydrogens (tertiary/aromatic N) is 4. The molecule has 0 saturated heterocycles. The fraction of sp³-hybridized carbons (Fsp3) is 0.0141. The zero-order valence-corrected chi connectivity index (χ0v) is 41.5. The van der Waals surface area contributed by atoms with Crippen LogP contribution in [0.2, 0.25) is 0 Å². The predicted octanol–water partition coefficient (Wildman–Crippen LogP) is 18.9. The van der Waals surface area contributed by atoms with Crippen molar-refractivity contribution in [2.75, 3.05) is 9.80 Å². The van der Waals surface area contributed by atoms with Crippen molar-refractivity contribution in [3.8, 4) is 45.2 Å². The van der Waals surface area contributed by atoms with E-state index in [2.05, 4.69) is 240 Å². The lowest BCUT2D eigenvalue weighted by Crippen LogP contribution is -2.26. The van der Waals surface area contributed by atoms with E-state index in [9.17, 15) is 0 Å². The highest BCUT2D eigenvalue weighted by Gasteiger charge is 2.55. The molecular weight excluding hydrogens is 941 g/mol. The van der Waals surface area contributed by atoms with Crippen LogP contribution in [0.15, 0.2) is 276 Å². The third-order valence-corrected chi connectivity index (χ3v) is 15.8. The van der Waals surface area contributed by atoms with Crippen LogP contribution in [-0.2, 0) is 5.41 Å². The van der Waals surface area contributed by atoms with Crippen LogP contribution in [-0.4, -0.2) is 9.97 Å². The Labute approximate surface area is 444 Å². The van der Waals surface area contributed by atoms with Crippen LogP contribution in [0.4, 0.5) is 34.1 Å². The maximum atomic E-state index is 7.45. The van der Waals surface area contributed by atoms with Gasteiger partial charge in [0, 0.05) is 45.0 Å². The number of hydrogen-bond donors (Lipinski definition) is 0. The number of aromatic nitrogens is 2. The summed E-state index contributed by atoms with van der Waals surface area (Å²) in [5.41, 5.74) is 18.1. The molecule has 6 heteroatoms. The van der Waals surface area contributed by atoms with Gasteiger partial charge in [-0.2, -0.15) is 0 Å². The van der Waals surface area contributed by atoms with E-state index < -0.39 is 5.41 Å². The maximum absolute atomic E-state index is 7.45. The molecule has 16 rings (SSSR count). The number of para-hydroxylation sites is 2. The highest BCUT2D eigenvalue weighted by atomic mass is 16.4. The van der Waals surface area contributed by atoms with Gasteiger partial charge in [-0.15, -0.1) is 0 Å². The zero-order chi connectivity index (χ0) is 50.6. The number of fused-ring (bicyclic) bond motifs is 16. The molecule has 1 spiro atoms. The first kappa shape index (κ1) is 43.1. The van der Waals surface area contributed by atoms with Gasteiger partial charge in [0.15, 0.2) is 11.2 Å². The van der Waals surface area contributed by atoms with E-state index in [-0.39, 0.29) is 0 Å². The summed E-state index contributed by atoms with van der Waals surface area (Å²) in [7, 11) is 0. The lowest BCUT2D eigenvalue weighted by atomic mass is 9.70. The topological polar surface area (TPSA) is 58.5 Å². The average molecular weight is 985 g/mol. The molecule has 0 aliphatic heterocycles. The SMILES string of the molecule is c1ccc(-c2nc3c(N(c4ccccc4)c4ccc5ccccc5c4)cc4c(c3o2)-c2c(cc(N(c3ccccc3)c3ccc5ccccc5c3)c3nc(-c5ccccc5)oc23)C42c3ccccc3-c3ccccc32)cc1. The van der Waals surface area contributed by atoms with Gasteiger partial charge in [0.1, 0.15) is 11.0 Å². The van der Waals surface area contributed by atoms with Gasteiger partial charge in [-0.3, -0.25) is 0 Å². The van der Waals surface area contributed by atoms with E-state index in [1.165, 1.54) is 33.0 Å². The summed E-state index contributed by atoms with van der Waals surface area (Å²) in [4.78, 5) is 15.9. The molecule has 2 aliphatic carbocycles. The second-order valence-corrected chi connectivity index (χ2v) is 20.0. The van der Waals surface area contributed by atoms with Crippen molar-refractivity contribution in [2.45, 2.75) is 5.41 Å². The molecule has 0 unspecified atom stereocenters. The van der Waals surface area contributed by atoms with E-state index >= 15 is 0 Å². The Hall–Kier alpha value is -10.3. The number of benzene rings is 12. The monoisotopic (exact) mass is 984 g/mol. The minimum absolute atomic E-state index is 0.526. The van der Waals surface area contributed by atoms with Gasteiger partial charge < -0.3 is 18.6 Å². The quantitative estimate of drug-likeness (QED) is 0.151. The molecule has 0 amide bonds. The van der Waals surface area contributed by atoms with Crippen LogP contribution in [0.3, 0.4) is 0 Å². The van der Waals surface area contributed by atoms with E-state index in [1.54, 1.807) is 0 Å². The summed E-state index contributed by atoms with van der Waals surface area (Å²) < 4.78 is 14.9. The highest BCUT2D eigenvalue weighted by Crippen LogP contribution is 2.67. The van der Waals surface area contributed by atoms with Crippen LogP contribution in [0.1, 0.15) is 22.3 Å². The smallest absolute Gasteiger partial charge is 0.227 e. The lowest BCUT2D eigenvalue weighted by molar-refractivity contribution is 0.616. The summed E-state index contributed by atoms with van der Waals surface area (Å²) in [6, 6.07) is 95.0. The Balaban J connectivity index is 1.09. The van der Waals surface area contributed by atoms with Crippen molar-refractivity contribution < 1.29 is 8.83 Å². The Morgan fingerprint density at radius 1 is 0.299 bits per heavy atom. The molecular formula is C71H44N4O2. The van der Waals surface area contributed by atoms with Gasteiger partial charge in [-0.25, -0.2) is 9.97 Å². The van der Waals surface area contributed by atoms with E-state index in [0.29, 0.717) is 22.9 Å².